The van der Waals surface area contributed by atoms with Gasteiger partial charge in [-0.1, -0.05) is 72.3 Å². The highest BCUT2D eigenvalue weighted by Gasteiger charge is 2.23. The first-order valence-corrected chi connectivity index (χ1v) is 10.5. The highest BCUT2D eigenvalue weighted by atomic mass is 16.1. The van der Waals surface area contributed by atoms with Gasteiger partial charge >= 0.3 is 0 Å². The molecule has 4 rings (SSSR count). The van der Waals surface area contributed by atoms with Crippen molar-refractivity contribution in [3.05, 3.63) is 107 Å². The average Bonchev–Trinajstić information content (AvgIpc) is 3.17. The lowest BCUT2D eigenvalue weighted by Gasteiger charge is -2.21. The number of amides is 1. The summed E-state index contributed by atoms with van der Waals surface area (Å²) in [5, 5.41) is 4.36. The number of nitrogens with one attached hydrogen (secondary N) is 2. The van der Waals surface area contributed by atoms with Crippen molar-refractivity contribution in [3.8, 4) is 0 Å². The number of rotatable bonds is 6. The summed E-state index contributed by atoms with van der Waals surface area (Å²) in [4.78, 5) is 16.5. The topological polar surface area (TPSA) is 44.9 Å². The number of hydrogen-bond donors (Lipinski definition) is 2. The first kappa shape index (κ1) is 20.0. The van der Waals surface area contributed by atoms with Gasteiger partial charge in [-0.05, 0) is 49.1 Å². The van der Waals surface area contributed by atoms with Crippen LogP contribution in [0.1, 0.15) is 53.1 Å². The van der Waals surface area contributed by atoms with Gasteiger partial charge < -0.3 is 10.3 Å². The lowest BCUT2D eigenvalue weighted by molar-refractivity contribution is -0.121. The molecule has 0 aliphatic heterocycles. The maximum absolute atomic E-state index is 13.1. The minimum Gasteiger partial charge on any atom is -0.361 e. The van der Waals surface area contributed by atoms with Gasteiger partial charge in [0.1, 0.15) is 0 Å². The molecular weight excluding hydrogens is 368 g/mol. The van der Waals surface area contributed by atoms with E-state index in [1.54, 1.807) is 0 Å². The Balaban J connectivity index is 1.66. The maximum Gasteiger partial charge on any atom is 0.221 e. The van der Waals surface area contributed by atoms with Crippen LogP contribution in [0.25, 0.3) is 10.9 Å². The lowest BCUT2D eigenvalue weighted by Crippen LogP contribution is -2.28. The number of H-pyrrole nitrogens is 1. The monoisotopic (exact) mass is 396 g/mol. The van der Waals surface area contributed by atoms with Crippen LogP contribution in [0.4, 0.5) is 0 Å². The number of carbonyl (C=O) groups is 1. The summed E-state index contributed by atoms with van der Waals surface area (Å²) in [6.07, 6.45) is 2.46. The Labute approximate surface area is 178 Å². The molecule has 0 saturated heterocycles. The van der Waals surface area contributed by atoms with E-state index < -0.39 is 0 Å². The number of hydrogen-bond acceptors (Lipinski definition) is 1. The van der Waals surface area contributed by atoms with Gasteiger partial charge in [0.05, 0.1) is 6.04 Å². The SMILES string of the molecule is Cc1ccc([C@H](CC(=O)N[C@@H](C)c2ccccc2)c2c[nH]c3ccccc23)c(C)c1. The second-order valence-corrected chi connectivity index (χ2v) is 8.11. The van der Waals surface area contributed by atoms with Crippen LogP contribution in [0.2, 0.25) is 0 Å². The van der Waals surface area contributed by atoms with Crippen LogP contribution in [0.5, 0.6) is 0 Å². The smallest absolute Gasteiger partial charge is 0.221 e. The zero-order valence-corrected chi connectivity index (χ0v) is 17.8. The number of aromatic amines is 1. The molecule has 2 atom stereocenters. The number of para-hydroxylation sites is 1. The highest BCUT2D eigenvalue weighted by molar-refractivity contribution is 5.86. The van der Waals surface area contributed by atoms with E-state index in [0.29, 0.717) is 6.42 Å². The van der Waals surface area contributed by atoms with Gasteiger partial charge in [0.15, 0.2) is 0 Å². The van der Waals surface area contributed by atoms with Gasteiger partial charge in [-0.2, -0.15) is 0 Å². The van der Waals surface area contributed by atoms with E-state index in [-0.39, 0.29) is 17.9 Å². The van der Waals surface area contributed by atoms with Crippen molar-refractivity contribution < 1.29 is 4.79 Å². The predicted octanol–water partition coefficient (Wildman–Crippen LogP) is 6.18. The molecule has 0 unspecified atom stereocenters. The first-order chi connectivity index (χ1) is 14.5. The Hall–Kier alpha value is -3.33. The second kappa shape index (κ2) is 8.58. The third-order valence-corrected chi connectivity index (χ3v) is 5.86. The van der Waals surface area contributed by atoms with Crippen LogP contribution < -0.4 is 5.32 Å². The molecule has 2 N–H and O–H groups in total. The van der Waals surface area contributed by atoms with Gasteiger partial charge in [-0.15, -0.1) is 0 Å². The number of aryl methyl sites for hydroxylation is 2. The van der Waals surface area contributed by atoms with E-state index in [2.05, 4.69) is 66.7 Å². The molecule has 1 aromatic heterocycles. The van der Waals surface area contributed by atoms with Gasteiger partial charge in [0, 0.05) is 29.4 Å². The van der Waals surface area contributed by atoms with Crippen molar-refractivity contribution in [2.45, 2.75) is 39.2 Å². The molecule has 3 aromatic carbocycles. The van der Waals surface area contributed by atoms with Crippen molar-refractivity contribution in [1.82, 2.24) is 10.3 Å². The molecule has 0 aliphatic carbocycles. The molecule has 3 heteroatoms. The number of benzene rings is 3. The quantitative estimate of drug-likeness (QED) is 0.401. The molecule has 0 saturated carbocycles. The molecule has 0 spiro atoms. The zero-order chi connectivity index (χ0) is 21.1. The normalized spacial score (nSPS) is 13.2. The van der Waals surface area contributed by atoms with E-state index >= 15 is 0 Å². The van der Waals surface area contributed by atoms with Gasteiger partial charge in [0.2, 0.25) is 5.91 Å². The number of aromatic nitrogens is 1. The summed E-state index contributed by atoms with van der Waals surface area (Å²) in [7, 11) is 0. The molecule has 4 aromatic rings. The van der Waals surface area contributed by atoms with E-state index in [0.717, 1.165) is 11.1 Å². The van der Waals surface area contributed by atoms with Crippen LogP contribution in [-0.2, 0) is 4.79 Å². The Morgan fingerprint density at radius 2 is 1.67 bits per heavy atom. The molecule has 0 bridgehead atoms. The fourth-order valence-electron chi connectivity index (χ4n) is 4.30. The van der Waals surface area contributed by atoms with Crippen molar-refractivity contribution >= 4 is 16.8 Å². The average molecular weight is 397 g/mol. The summed E-state index contributed by atoms with van der Waals surface area (Å²) < 4.78 is 0. The second-order valence-electron chi connectivity index (χ2n) is 8.11. The van der Waals surface area contributed by atoms with E-state index in [4.69, 9.17) is 0 Å². The van der Waals surface area contributed by atoms with E-state index in [1.807, 2.05) is 43.3 Å². The van der Waals surface area contributed by atoms with E-state index in [1.165, 1.54) is 27.6 Å². The summed E-state index contributed by atoms with van der Waals surface area (Å²) in [5.74, 6) is 0.0475. The third-order valence-electron chi connectivity index (χ3n) is 5.86. The van der Waals surface area contributed by atoms with Crippen LogP contribution in [0.15, 0.2) is 79.0 Å². The maximum atomic E-state index is 13.1. The molecule has 152 valence electrons. The molecular formula is C27H28N2O. The Morgan fingerprint density at radius 3 is 2.43 bits per heavy atom. The molecule has 3 nitrogen and oxygen atoms in total. The van der Waals surface area contributed by atoms with Crippen LogP contribution in [0.3, 0.4) is 0 Å². The minimum atomic E-state index is -0.0265. The van der Waals surface area contributed by atoms with Crippen molar-refractivity contribution in [3.63, 3.8) is 0 Å². The Morgan fingerprint density at radius 1 is 0.933 bits per heavy atom. The minimum absolute atomic E-state index is 0.00952. The number of carbonyl (C=O) groups excluding carboxylic acids is 1. The largest absolute Gasteiger partial charge is 0.361 e. The molecule has 30 heavy (non-hydrogen) atoms. The first-order valence-electron chi connectivity index (χ1n) is 10.5. The third kappa shape index (κ3) is 4.16. The van der Waals surface area contributed by atoms with Crippen molar-refractivity contribution in [1.29, 1.82) is 0 Å². The van der Waals surface area contributed by atoms with E-state index in [9.17, 15) is 4.79 Å². The molecule has 1 amide bonds. The Bertz CT molecular complexity index is 1160. The molecule has 0 radical (unpaired) electrons. The van der Waals surface area contributed by atoms with Crippen LogP contribution in [-0.4, -0.2) is 10.9 Å². The lowest BCUT2D eigenvalue weighted by atomic mass is 9.85. The summed E-state index contributed by atoms with van der Waals surface area (Å²) in [6.45, 7) is 6.27. The zero-order valence-electron chi connectivity index (χ0n) is 17.8. The molecule has 0 aliphatic rings. The van der Waals surface area contributed by atoms with Crippen molar-refractivity contribution in [2.24, 2.45) is 0 Å². The standard InChI is InChI=1S/C27H28N2O/c1-18-13-14-22(19(2)15-18)24(25-17-28-26-12-8-7-11-23(25)26)16-27(30)29-20(3)21-9-5-4-6-10-21/h4-15,17,20,24,28H,16H2,1-3H3,(H,29,30)/t20-,24-/m0/s1. The summed E-state index contributed by atoms with van der Waals surface area (Å²) in [5.41, 5.74) is 7.03. The van der Waals surface area contributed by atoms with Crippen LogP contribution >= 0.6 is 0 Å². The Kier molecular flexibility index (Phi) is 5.71. The summed E-state index contributed by atoms with van der Waals surface area (Å²) >= 11 is 0. The summed E-state index contributed by atoms with van der Waals surface area (Å²) in [6, 6.07) is 24.9. The van der Waals surface area contributed by atoms with Gasteiger partial charge in [0.25, 0.3) is 0 Å². The molecule has 0 fully saturated rings. The predicted molar refractivity (Wildman–Crippen MR) is 124 cm³/mol. The highest BCUT2D eigenvalue weighted by Crippen LogP contribution is 2.35. The van der Waals surface area contributed by atoms with Crippen LogP contribution in [0, 0.1) is 13.8 Å². The fourth-order valence-corrected chi connectivity index (χ4v) is 4.30. The van der Waals surface area contributed by atoms with Gasteiger partial charge in [-0.3, -0.25) is 4.79 Å². The van der Waals surface area contributed by atoms with Crippen molar-refractivity contribution in [2.75, 3.05) is 0 Å². The fraction of sp³-hybridized carbons (Fsp3) is 0.222. The number of fused-ring (bicyclic) bond motifs is 1. The van der Waals surface area contributed by atoms with Gasteiger partial charge in [-0.25, -0.2) is 0 Å². The molecule has 1 heterocycles.